The highest BCUT2D eigenvalue weighted by Gasteiger charge is 2.37. The molecule has 0 radical (unpaired) electrons. The summed E-state index contributed by atoms with van der Waals surface area (Å²) in [6.45, 7) is 7.74. The SMILES string of the molecule is CC(C)=CCc1cc(-c2coc3cc(O)cc(O)c3c2=O)cc2c1OC(C)(C)[C@H](O)C2. The molecule has 6 nitrogen and oxygen atoms in total. The first-order valence-corrected chi connectivity index (χ1v) is 10.2. The largest absolute Gasteiger partial charge is 0.508 e. The molecule has 0 aliphatic carbocycles. The molecular weight excluding hydrogens is 396 g/mol. The predicted octanol–water partition coefficient (Wildman–Crippen LogP) is 4.45. The molecule has 0 saturated heterocycles. The first-order valence-electron chi connectivity index (χ1n) is 10.2. The number of aromatic hydroxyl groups is 2. The van der Waals surface area contributed by atoms with Crippen LogP contribution in [-0.4, -0.2) is 27.0 Å². The molecule has 0 bridgehead atoms. The van der Waals surface area contributed by atoms with Crippen molar-refractivity contribution in [3.05, 3.63) is 63.5 Å². The molecule has 1 aliphatic rings. The monoisotopic (exact) mass is 422 g/mol. The molecule has 31 heavy (non-hydrogen) atoms. The lowest BCUT2D eigenvalue weighted by atomic mass is 9.87. The summed E-state index contributed by atoms with van der Waals surface area (Å²) < 4.78 is 11.7. The van der Waals surface area contributed by atoms with E-state index in [0.29, 0.717) is 18.4 Å². The lowest BCUT2D eigenvalue weighted by Gasteiger charge is -2.38. The molecule has 1 aromatic heterocycles. The minimum atomic E-state index is -0.718. The van der Waals surface area contributed by atoms with Crippen LogP contribution < -0.4 is 10.2 Å². The predicted molar refractivity (Wildman–Crippen MR) is 119 cm³/mol. The van der Waals surface area contributed by atoms with E-state index in [1.807, 2.05) is 39.8 Å². The minimum Gasteiger partial charge on any atom is -0.508 e. The fraction of sp³-hybridized carbons (Fsp3) is 0.320. The molecule has 2 aromatic carbocycles. The summed E-state index contributed by atoms with van der Waals surface area (Å²) in [4.78, 5) is 13.2. The van der Waals surface area contributed by atoms with Crippen molar-refractivity contribution < 1.29 is 24.5 Å². The van der Waals surface area contributed by atoms with Crippen molar-refractivity contribution in [3.63, 3.8) is 0 Å². The number of allylic oxidation sites excluding steroid dienone is 2. The number of phenolic OH excluding ortho intramolecular Hbond substituents is 2. The van der Waals surface area contributed by atoms with Crippen LogP contribution in [0.4, 0.5) is 0 Å². The molecule has 0 spiro atoms. The number of benzene rings is 2. The second-order valence-corrected chi connectivity index (χ2v) is 8.85. The molecule has 6 heteroatoms. The highest BCUT2D eigenvalue weighted by Crippen LogP contribution is 2.40. The molecule has 4 rings (SSSR count). The van der Waals surface area contributed by atoms with Gasteiger partial charge in [0.2, 0.25) is 5.43 Å². The third-order valence-electron chi connectivity index (χ3n) is 5.71. The molecule has 0 saturated carbocycles. The maximum Gasteiger partial charge on any atom is 0.204 e. The van der Waals surface area contributed by atoms with Crippen LogP contribution in [0.3, 0.4) is 0 Å². The van der Waals surface area contributed by atoms with E-state index in [1.54, 1.807) is 0 Å². The van der Waals surface area contributed by atoms with Crippen LogP contribution in [0, 0.1) is 0 Å². The number of rotatable bonds is 3. The van der Waals surface area contributed by atoms with Gasteiger partial charge >= 0.3 is 0 Å². The van der Waals surface area contributed by atoms with Crippen molar-refractivity contribution in [3.8, 4) is 28.4 Å². The average molecular weight is 422 g/mol. The number of phenols is 2. The van der Waals surface area contributed by atoms with Crippen molar-refractivity contribution in [1.82, 2.24) is 0 Å². The molecule has 1 atom stereocenters. The summed E-state index contributed by atoms with van der Waals surface area (Å²) in [5.74, 6) is 0.204. The lowest BCUT2D eigenvalue weighted by molar-refractivity contribution is -0.0416. The topological polar surface area (TPSA) is 100 Å². The first kappa shape index (κ1) is 21.0. The number of hydrogen-bond donors (Lipinski definition) is 3. The molecule has 1 aliphatic heterocycles. The standard InChI is InChI=1S/C25H26O6/c1-13(2)5-6-14-7-15(8-16-9-21(28)25(3,4)31-24(14)16)18-12-30-20-11-17(26)10-19(27)22(20)23(18)29/h5,7-8,10-12,21,26-28H,6,9H2,1-4H3/t21-/m1/s1. The lowest BCUT2D eigenvalue weighted by Crippen LogP contribution is -2.46. The molecule has 0 amide bonds. The summed E-state index contributed by atoms with van der Waals surface area (Å²) in [5, 5.41) is 30.4. The van der Waals surface area contributed by atoms with E-state index >= 15 is 0 Å². The van der Waals surface area contributed by atoms with E-state index in [1.165, 1.54) is 12.3 Å². The Labute approximate surface area is 180 Å². The van der Waals surface area contributed by atoms with Crippen LogP contribution >= 0.6 is 0 Å². The number of aliphatic hydroxyl groups excluding tert-OH is 1. The molecule has 162 valence electrons. The first-order chi connectivity index (χ1) is 14.6. The maximum absolute atomic E-state index is 13.2. The molecule has 2 heterocycles. The van der Waals surface area contributed by atoms with Crippen LogP contribution in [0.1, 0.15) is 38.8 Å². The minimum absolute atomic E-state index is 0.0105. The van der Waals surface area contributed by atoms with E-state index in [4.69, 9.17) is 9.15 Å². The van der Waals surface area contributed by atoms with E-state index in [0.717, 1.165) is 28.5 Å². The molecule has 0 fully saturated rings. The van der Waals surface area contributed by atoms with Gasteiger partial charge < -0.3 is 24.5 Å². The molecule has 3 N–H and O–H groups in total. The van der Waals surface area contributed by atoms with Crippen molar-refractivity contribution in [2.24, 2.45) is 0 Å². The Kier molecular flexibility index (Phi) is 5.06. The van der Waals surface area contributed by atoms with Crippen LogP contribution in [0.2, 0.25) is 0 Å². The van der Waals surface area contributed by atoms with Gasteiger partial charge in [-0.1, -0.05) is 11.6 Å². The Morgan fingerprint density at radius 2 is 1.94 bits per heavy atom. The molecule has 0 unspecified atom stereocenters. The van der Waals surface area contributed by atoms with Crippen LogP contribution in [0.25, 0.3) is 22.1 Å². The highest BCUT2D eigenvalue weighted by molar-refractivity contribution is 5.88. The second kappa shape index (κ2) is 7.46. The average Bonchev–Trinajstić information content (AvgIpc) is 2.66. The van der Waals surface area contributed by atoms with Gasteiger partial charge in [-0.2, -0.15) is 0 Å². The summed E-state index contributed by atoms with van der Waals surface area (Å²) in [5.41, 5.74) is 2.77. The number of fused-ring (bicyclic) bond motifs is 2. The van der Waals surface area contributed by atoms with Crippen LogP contribution in [0.15, 0.2) is 51.4 Å². The van der Waals surface area contributed by atoms with E-state index < -0.39 is 17.1 Å². The van der Waals surface area contributed by atoms with Crippen LogP contribution in [-0.2, 0) is 12.8 Å². The van der Waals surface area contributed by atoms with Gasteiger partial charge in [0.25, 0.3) is 0 Å². The van der Waals surface area contributed by atoms with Crippen molar-refractivity contribution in [2.75, 3.05) is 0 Å². The summed E-state index contributed by atoms with van der Waals surface area (Å²) >= 11 is 0. The number of ether oxygens (including phenoxy) is 1. The van der Waals surface area contributed by atoms with E-state index in [9.17, 15) is 20.1 Å². The molecular formula is C25H26O6. The second-order valence-electron chi connectivity index (χ2n) is 8.85. The van der Waals surface area contributed by atoms with E-state index in [-0.39, 0.29) is 28.0 Å². The maximum atomic E-state index is 13.2. The van der Waals surface area contributed by atoms with Gasteiger partial charge in [0.1, 0.15) is 40.1 Å². The highest BCUT2D eigenvalue weighted by atomic mass is 16.5. The van der Waals surface area contributed by atoms with Gasteiger partial charge in [-0.3, -0.25) is 4.79 Å². The fourth-order valence-corrected chi connectivity index (χ4v) is 3.86. The zero-order chi connectivity index (χ0) is 22.5. The Morgan fingerprint density at radius 1 is 1.19 bits per heavy atom. The quantitative estimate of drug-likeness (QED) is 0.539. The fourth-order valence-electron chi connectivity index (χ4n) is 3.86. The summed E-state index contributed by atoms with van der Waals surface area (Å²) in [6, 6.07) is 6.12. The summed E-state index contributed by atoms with van der Waals surface area (Å²) in [6.07, 6.45) is 3.74. The third kappa shape index (κ3) is 3.79. The van der Waals surface area contributed by atoms with Crippen LogP contribution in [0.5, 0.6) is 17.2 Å². The Balaban J connectivity index is 1.93. The Hall–Kier alpha value is -3.25. The number of aliphatic hydroxyl groups is 1. The van der Waals surface area contributed by atoms with Crippen molar-refractivity contribution in [2.45, 2.75) is 52.2 Å². The smallest absolute Gasteiger partial charge is 0.204 e. The van der Waals surface area contributed by atoms with Gasteiger partial charge in [-0.25, -0.2) is 0 Å². The zero-order valence-corrected chi connectivity index (χ0v) is 18.0. The Bertz CT molecular complexity index is 1260. The van der Waals surface area contributed by atoms with Gasteiger partial charge in [0.05, 0.1) is 11.7 Å². The van der Waals surface area contributed by atoms with Gasteiger partial charge in [-0.15, -0.1) is 0 Å². The Morgan fingerprint density at radius 3 is 2.65 bits per heavy atom. The normalized spacial score (nSPS) is 17.1. The summed E-state index contributed by atoms with van der Waals surface area (Å²) in [7, 11) is 0. The zero-order valence-electron chi connectivity index (χ0n) is 18.0. The van der Waals surface area contributed by atoms with Gasteiger partial charge in [-0.05, 0) is 62.9 Å². The molecule has 3 aromatic rings. The van der Waals surface area contributed by atoms with Gasteiger partial charge in [0, 0.05) is 18.6 Å². The number of hydrogen-bond acceptors (Lipinski definition) is 6. The van der Waals surface area contributed by atoms with E-state index in [2.05, 4.69) is 6.08 Å². The van der Waals surface area contributed by atoms with Crippen molar-refractivity contribution >= 4 is 11.0 Å². The van der Waals surface area contributed by atoms with Crippen molar-refractivity contribution in [1.29, 1.82) is 0 Å². The third-order valence-corrected chi connectivity index (χ3v) is 5.71. The van der Waals surface area contributed by atoms with Gasteiger partial charge in [0.15, 0.2) is 0 Å².